The molecule has 0 radical (unpaired) electrons. The van der Waals surface area contributed by atoms with Crippen LogP contribution in [-0.4, -0.2) is 24.8 Å². The summed E-state index contributed by atoms with van der Waals surface area (Å²) in [5.74, 6) is -5.11. The molecule has 0 saturated heterocycles. The molecule has 1 rings (SSSR count). The highest BCUT2D eigenvalue weighted by atomic mass is 19.3. The molecule has 0 saturated carbocycles. The topological polar surface area (TPSA) is 55.1 Å². The van der Waals surface area contributed by atoms with Gasteiger partial charge in [0, 0.05) is 11.3 Å². The fourth-order valence-corrected chi connectivity index (χ4v) is 1.48. The maximum atomic E-state index is 12.7. The lowest BCUT2D eigenvalue weighted by Gasteiger charge is -2.16. The van der Waals surface area contributed by atoms with Crippen LogP contribution in [0.2, 0.25) is 0 Å². The first-order valence-electron chi connectivity index (χ1n) is 5.46. The lowest BCUT2D eigenvalue weighted by molar-refractivity contribution is -0.123. The molecule has 0 bridgehead atoms. The number of nitrogen functional groups attached to an aromatic ring is 1. The molecule has 0 aliphatic rings. The quantitative estimate of drug-likeness (QED) is 0.657. The van der Waals surface area contributed by atoms with Gasteiger partial charge in [-0.05, 0) is 31.0 Å². The molecular weight excluding hydrogens is 264 g/mol. The van der Waals surface area contributed by atoms with E-state index in [-0.39, 0.29) is 5.56 Å². The number of nitrogens with two attached hydrogens (primary N) is 1. The molecule has 1 amide bonds. The second kappa shape index (κ2) is 5.46. The van der Waals surface area contributed by atoms with E-state index >= 15 is 0 Å². The standard InChI is InChI=1S/C12H14F4N2O/c1-6-3-7(2)9(17)4-8(6)10(19)18-5-12(15,16)11(13)14/h3-4,11H,5,17H2,1-2H3,(H,18,19). The van der Waals surface area contributed by atoms with Crippen molar-refractivity contribution >= 4 is 11.6 Å². The Morgan fingerprint density at radius 3 is 2.42 bits per heavy atom. The van der Waals surface area contributed by atoms with Crippen LogP contribution in [0.3, 0.4) is 0 Å². The summed E-state index contributed by atoms with van der Waals surface area (Å²) in [5.41, 5.74) is 7.30. The molecule has 0 aromatic heterocycles. The van der Waals surface area contributed by atoms with Crippen molar-refractivity contribution in [2.24, 2.45) is 0 Å². The van der Waals surface area contributed by atoms with E-state index in [1.165, 1.54) is 6.07 Å². The fourth-order valence-electron chi connectivity index (χ4n) is 1.48. The van der Waals surface area contributed by atoms with Crippen LogP contribution >= 0.6 is 0 Å². The number of anilines is 1. The number of amides is 1. The first-order chi connectivity index (χ1) is 8.65. The largest absolute Gasteiger partial charge is 0.398 e. The van der Waals surface area contributed by atoms with Crippen LogP contribution in [0, 0.1) is 13.8 Å². The zero-order chi connectivity index (χ0) is 14.8. The average molecular weight is 278 g/mol. The fraction of sp³-hybridized carbons (Fsp3) is 0.417. The van der Waals surface area contributed by atoms with Gasteiger partial charge >= 0.3 is 12.3 Å². The van der Waals surface area contributed by atoms with Gasteiger partial charge in [-0.15, -0.1) is 0 Å². The minimum absolute atomic E-state index is 0.0909. The monoisotopic (exact) mass is 278 g/mol. The molecule has 0 unspecified atom stereocenters. The van der Waals surface area contributed by atoms with Gasteiger partial charge in [-0.3, -0.25) is 4.79 Å². The molecule has 0 heterocycles. The number of halogens is 4. The molecule has 3 N–H and O–H groups in total. The number of aryl methyl sites for hydroxylation is 2. The minimum Gasteiger partial charge on any atom is -0.398 e. The van der Waals surface area contributed by atoms with Gasteiger partial charge in [0.2, 0.25) is 0 Å². The molecule has 1 aromatic rings. The van der Waals surface area contributed by atoms with Crippen molar-refractivity contribution in [3.8, 4) is 0 Å². The number of hydrogen-bond acceptors (Lipinski definition) is 2. The molecular formula is C12H14F4N2O. The van der Waals surface area contributed by atoms with Gasteiger partial charge in [-0.1, -0.05) is 6.07 Å². The first-order valence-corrected chi connectivity index (χ1v) is 5.46. The summed E-state index contributed by atoms with van der Waals surface area (Å²) in [6.45, 7) is 1.91. The zero-order valence-electron chi connectivity index (χ0n) is 10.4. The van der Waals surface area contributed by atoms with Crippen molar-refractivity contribution in [2.75, 3.05) is 12.3 Å². The maximum absolute atomic E-state index is 12.7. The van der Waals surface area contributed by atoms with E-state index in [4.69, 9.17) is 5.73 Å². The van der Waals surface area contributed by atoms with Crippen molar-refractivity contribution in [2.45, 2.75) is 26.2 Å². The molecule has 0 atom stereocenters. The Kier molecular flexibility index (Phi) is 4.39. The van der Waals surface area contributed by atoms with E-state index in [1.54, 1.807) is 25.2 Å². The summed E-state index contributed by atoms with van der Waals surface area (Å²) in [4.78, 5) is 11.7. The van der Waals surface area contributed by atoms with Crippen LogP contribution in [0.4, 0.5) is 23.2 Å². The van der Waals surface area contributed by atoms with Gasteiger partial charge in [0.25, 0.3) is 5.91 Å². The number of carbonyl (C=O) groups is 1. The van der Waals surface area contributed by atoms with Crippen LogP contribution in [0.25, 0.3) is 0 Å². The number of rotatable bonds is 4. The van der Waals surface area contributed by atoms with E-state index in [2.05, 4.69) is 0 Å². The van der Waals surface area contributed by atoms with E-state index in [1.807, 2.05) is 0 Å². The summed E-state index contributed by atoms with van der Waals surface area (Å²) in [6.07, 6.45) is -3.82. The maximum Gasteiger partial charge on any atom is 0.324 e. The molecule has 3 nitrogen and oxygen atoms in total. The summed E-state index contributed by atoms with van der Waals surface area (Å²) in [7, 11) is 0. The van der Waals surface area contributed by atoms with Crippen LogP contribution in [0.5, 0.6) is 0 Å². The number of hydrogen-bond donors (Lipinski definition) is 2. The normalized spacial score (nSPS) is 11.7. The van der Waals surface area contributed by atoms with Crippen molar-refractivity contribution in [3.05, 3.63) is 28.8 Å². The Hall–Kier alpha value is -1.79. The lowest BCUT2D eigenvalue weighted by atomic mass is 10.0. The molecule has 19 heavy (non-hydrogen) atoms. The molecule has 7 heteroatoms. The van der Waals surface area contributed by atoms with Gasteiger partial charge in [0.1, 0.15) is 0 Å². The smallest absolute Gasteiger partial charge is 0.324 e. The Labute approximate surface area is 107 Å². The molecule has 0 aliphatic carbocycles. The summed E-state index contributed by atoms with van der Waals surface area (Å²) >= 11 is 0. The SMILES string of the molecule is Cc1cc(C)c(C(=O)NCC(F)(F)C(F)F)cc1N. The van der Waals surface area contributed by atoms with E-state index in [0.29, 0.717) is 11.3 Å². The van der Waals surface area contributed by atoms with Crippen molar-refractivity contribution < 1.29 is 22.4 Å². The zero-order valence-corrected chi connectivity index (χ0v) is 10.4. The third-order valence-corrected chi connectivity index (χ3v) is 2.66. The average Bonchev–Trinajstić information content (AvgIpc) is 2.30. The van der Waals surface area contributed by atoms with Crippen molar-refractivity contribution in [3.63, 3.8) is 0 Å². The highest BCUT2D eigenvalue weighted by Crippen LogP contribution is 2.22. The Morgan fingerprint density at radius 2 is 1.89 bits per heavy atom. The predicted molar refractivity (Wildman–Crippen MR) is 63.6 cm³/mol. The van der Waals surface area contributed by atoms with Crippen LogP contribution in [-0.2, 0) is 0 Å². The first kappa shape index (κ1) is 15.3. The second-order valence-corrected chi connectivity index (χ2v) is 4.27. The number of carbonyl (C=O) groups excluding carboxylic acids is 1. The van der Waals surface area contributed by atoms with Crippen LogP contribution < -0.4 is 11.1 Å². The molecule has 0 spiro atoms. The summed E-state index contributed by atoms with van der Waals surface area (Å²) < 4.78 is 49.2. The number of alkyl halides is 4. The molecule has 106 valence electrons. The van der Waals surface area contributed by atoms with Gasteiger partial charge in [0.05, 0.1) is 6.54 Å². The Balaban J connectivity index is 2.83. The van der Waals surface area contributed by atoms with Gasteiger partial charge in [-0.2, -0.15) is 8.78 Å². The third-order valence-electron chi connectivity index (χ3n) is 2.66. The lowest BCUT2D eigenvalue weighted by Crippen LogP contribution is -2.41. The van der Waals surface area contributed by atoms with Gasteiger partial charge in [-0.25, -0.2) is 8.78 Å². The number of benzene rings is 1. The van der Waals surface area contributed by atoms with Gasteiger partial charge in [0.15, 0.2) is 0 Å². The van der Waals surface area contributed by atoms with E-state index in [9.17, 15) is 22.4 Å². The van der Waals surface area contributed by atoms with Crippen LogP contribution in [0.15, 0.2) is 12.1 Å². The minimum atomic E-state index is -4.25. The second-order valence-electron chi connectivity index (χ2n) is 4.27. The van der Waals surface area contributed by atoms with Crippen LogP contribution in [0.1, 0.15) is 21.5 Å². The highest BCUT2D eigenvalue weighted by molar-refractivity contribution is 5.96. The van der Waals surface area contributed by atoms with E-state index in [0.717, 1.165) is 5.56 Å². The Morgan fingerprint density at radius 1 is 1.32 bits per heavy atom. The van der Waals surface area contributed by atoms with Gasteiger partial charge < -0.3 is 11.1 Å². The predicted octanol–water partition coefficient (Wildman–Crippen LogP) is 2.52. The third kappa shape index (κ3) is 3.59. The number of nitrogens with one attached hydrogen (secondary N) is 1. The van der Waals surface area contributed by atoms with Crippen molar-refractivity contribution in [1.29, 1.82) is 0 Å². The van der Waals surface area contributed by atoms with E-state index < -0.39 is 24.8 Å². The summed E-state index contributed by atoms with van der Waals surface area (Å²) in [6, 6.07) is 2.95. The Bertz CT molecular complexity index is 489. The summed E-state index contributed by atoms with van der Waals surface area (Å²) in [5, 5.41) is 1.78. The highest BCUT2D eigenvalue weighted by Gasteiger charge is 2.40. The van der Waals surface area contributed by atoms with Crippen molar-refractivity contribution in [1.82, 2.24) is 5.32 Å². The molecule has 0 aliphatic heterocycles. The molecule has 1 aromatic carbocycles. The molecule has 0 fully saturated rings.